The van der Waals surface area contributed by atoms with Crippen LogP contribution in [0.2, 0.25) is 0 Å². The topological polar surface area (TPSA) is 71.2 Å². The Kier molecular flexibility index (Phi) is 11.1. The molecule has 1 heterocycles. The molecule has 3 rings (SSSR count). The molecule has 2 N–H and O–H groups in total. The molecule has 37 heavy (non-hydrogen) atoms. The van der Waals surface area contributed by atoms with Gasteiger partial charge in [0.1, 0.15) is 0 Å². The Balaban J connectivity index is 1.51. The number of hydrogen-bond acceptors (Lipinski definition) is 5. The van der Waals surface area contributed by atoms with Crippen LogP contribution in [0.4, 0.5) is 13.2 Å². The molecule has 0 radical (unpaired) electrons. The van der Waals surface area contributed by atoms with Crippen LogP contribution in [-0.4, -0.2) is 15.3 Å². The van der Waals surface area contributed by atoms with E-state index < -0.39 is 17.8 Å². The van der Waals surface area contributed by atoms with E-state index in [1.54, 1.807) is 0 Å². The predicted molar refractivity (Wildman–Crippen MR) is 138 cm³/mol. The first-order valence-corrected chi connectivity index (χ1v) is 13.3. The molecule has 0 amide bonds. The Morgan fingerprint density at radius 3 is 1.97 bits per heavy atom. The van der Waals surface area contributed by atoms with Gasteiger partial charge in [0.25, 0.3) is 5.89 Å². The van der Waals surface area contributed by atoms with Crippen molar-refractivity contribution in [3.05, 3.63) is 71.0 Å². The van der Waals surface area contributed by atoms with Crippen molar-refractivity contribution in [2.24, 2.45) is 0 Å². The third kappa shape index (κ3) is 8.68. The third-order valence-corrected chi connectivity index (χ3v) is 6.89. The van der Waals surface area contributed by atoms with E-state index in [0.29, 0.717) is 17.3 Å². The molecule has 3 aromatic rings. The van der Waals surface area contributed by atoms with Crippen LogP contribution < -0.4 is 5.48 Å². The normalized spacial score (nSPS) is 13.6. The smallest absolute Gasteiger partial charge is 0.334 e. The number of hydroxylamine groups is 1. The van der Waals surface area contributed by atoms with Crippen LogP contribution in [0.15, 0.2) is 53.1 Å². The summed E-state index contributed by atoms with van der Waals surface area (Å²) in [6, 6.07) is 11.9. The highest BCUT2D eigenvalue weighted by Gasteiger charge is 2.30. The zero-order chi connectivity index (χ0) is 26.7. The van der Waals surface area contributed by atoms with E-state index in [-0.39, 0.29) is 5.92 Å². The highest BCUT2D eigenvalue weighted by Crippen LogP contribution is 2.34. The molecule has 0 aliphatic heterocycles. The maximum Gasteiger partial charge on any atom is 0.416 e. The van der Waals surface area contributed by atoms with Crippen molar-refractivity contribution in [1.82, 2.24) is 15.6 Å². The molecule has 0 aliphatic rings. The van der Waals surface area contributed by atoms with Crippen LogP contribution in [0.3, 0.4) is 0 Å². The summed E-state index contributed by atoms with van der Waals surface area (Å²) in [5.74, 6) is 0.874. The maximum absolute atomic E-state index is 12.9. The molecule has 0 spiro atoms. The molecule has 8 heteroatoms. The van der Waals surface area contributed by atoms with Crippen LogP contribution in [0.5, 0.6) is 0 Å². The standard InChI is InChI=1S/C29H38F3N3O2/c1-3-4-5-6-7-8-9-10-11-12-26-33-28(37-35-26)24-15-13-23(14-16-24)27(34-36)21(2)22-17-19-25(20-18-22)29(30,31)32/h13-21,27,34,36H,3-12H2,1-2H3. The lowest BCUT2D eigenvalue weighted by molar-refractivity contribution is -0.137. The van der Waals surface area contributed by atoms with Crippen molar-refractivity contribution in [2.45, 2.75) is 96.2 Å². The van der Waals surface area contributed by atoms with E-state index in [0.717, 1.165) is 36.1 Å². The summed E-state index contributed by atoms with van der Waals surface area (Å²) in [5.41, 5.74) is 3.84. The summed E-state index contributed by atoms with van der Waals surface area (Å²) in [7, 11) is 0. The van der Waals surface area contributed by atoms with Gasteiger partial charge in [0, 0.05) is 17.9 Å². The molecule has 202 valence electrons. The molecule has 5 nitrogen and oxygen atoms in total. The molecular formula is C29H38F3N3O2. The lowest BCUT2D eigenvalue weighted by Crippen LogP contribution is -2.23. The Hall–Kier alpha value is -2.71. The summed E-state index contributed by atoms with van der Waals surface area (Å²) >= 11 is 0. The van der Waals surface area contributed by atoms with Crippen molar-refractivity contribution in [1.29, 1.82) is 0 Å². The monoisotopic (exact) mass is 517 g/mol. The maximum atomic E-state index is 12.9. The molecule has 0 bridgehead atoms. The van der Waals surface area contributed by atoms with E-state index in [9.17, 15) is 18.4 Å². The third-order valence-electron chi connectivity index (χ3n) is 6.89. The molecule has 2 aromatic carbocycles. The van der Waals surface area contributed by atoms with Gasteiger partial charge in [0.15, 0.2) is 5.82 Å². The van der Waals surface area contributed by atoms with Crippen LogP contribution in [0.25, 0.3) is 11.5 Å². The van der Waals surface area contributed by atoms with Gasteiger partial charge in [-0.25, -0.2) is 0 Å². The van der Waals surface area contributed by atoms with Crippen molar-refractivity contribution in [3.8, 4) is 11.5 Å². The summed E-state index contributed by atoms with van der Waals surface area (Å²) in [4.78, 5) is 4.52. The highest BCUT2D eigenvalue weighted by atomic mass is 19.4. The Labute approximate surface area is 217 Å². The van der Waals surface area contributed by atoms with Crippen LogP contribution in [0, 0.1) is 0 Å². The molecular weight excluding hydrogens is 479 g/mol. The Morgan fingerprint density at radius 2 is 1.41 bits per heavy atom. The van der Waals surface area contributed by atoms with Gasteiger partial charge in [-0.15, -0.1) is 0 Å². The number of halogens is 3. The number of unbranched alkanes of at least 4 members (excludes halogenated alkanes) is 8. The Morgan fingerprint density at radius 1 is 0.838 bits per heavy atom. The fourth-order valence-corrected chi connectivity index (χ4v) is 4.54. The second kappa shape index (κ2) is 14.3. The van der Waals surface area contributed by atoms with E-state index in [4.69, 9.17) is 4.52 Å². The molecule has 2 atom stereocenters. The van der Waals surface area contributed by atoms with Crippen LogP contribution >= 0.6 is 0 Å². The van der Waals surface area contributed by atoms with Crippen molar-refractivity contribution >= 4 is 0 Å². The molecule has 1 aromatic heterocycles. The first-order chi connectivity index (χ1) is 17.8. The number of hydrogen-bond donors (Lipinski definition) is 2. The number of alkyl halides is 3. The zero-order valence-electron chi connectivity index (χ0n) is 21.7. The van der Waals surface area contributed by atoms with Crippen LogP contribution in [-0.2, 0) is 12.6 Å². The zero-order valence-corrected chi connectivity index (χ0v) is 21.7. The van der Waals surface area contributed by atoms with Gasteiger partial charge < -0.3 is 9.73 Å². The van der Waals surface area contributed by atoms with Crippen molar-refractivity contribution in [2.75, 3.05) is 0 Å². The van der Waals surface area contributed by atoms with Crippen LogP contribution in [0.1, 0.15) is 106 Å². The quantitative estimate of drug-likeness (QED) is 0.156. The van der Waals surface area contributed by atoms with Crippen molar-refractivity contribution < 1.29 is 22.9 Å². The lowest BCUT2D eigenvalue weighted by atomic mass is 9.88. The first kappa shape index (κ1) is 28.9. The summed E-state index contributed by atoms with van der Waals surface area (Å²) in [6.45, 7) is 4.08. The largest absolute Gasteiger partial charge is 0.416 e. The number of aromatic nitrogens is 2. The summed E-state index contributed by atoms with van der Waals surface area (Å²) < 4.78 is 44.1. The van der Waals surface area contributed by atoms with Gasteiger partial charge in [-0.2, -0.15) is 23.6 Å². The summed E-state index contributed by atoms with van der Waals surface area (Å²) in [5, 5.41) is 13.9. The predicted octanol–water partition coefficient (Wildman–Crippen LogP) is 8.65. The minimum absolute atomic E-state index is 0.274. The lowest BCUT2D eigenvalue weighted by Gasteiger charge is -2.24. The second-order valence-corrected chi connectivity index (χ2v) is 9.73. The average molecular weight is 518 g/mol. The fourth-order valence-electron chi connectivity index (χ4n) is 4.54. The van der Waals surface area contributed by atoms with E-state index in [1.165, 1.54) is 63.5 Å². The van der Waals surface area contributed by atoms with Gasteiger partial charge in [0.2, 0.25) is 0 Å². The minimum Gasteiger partial charge on any atom is -0.334 e. The molecule has 0 saturated carbocycles. The van der Waals surface area contributed by atoms with Gasteiger partial charge in [-0.3, -0.25) is 0 Å². The Bertz CT molecular complexity index is 1050. The fraction of sp³-hybridized carbons (Fsp3) is 0.517. The average Bonchev–Trinajstić information content (AvgIpc) is 3.37. The number of nitrogens with zero attached hydrogens (tertiary/aromatic N) is 2. The second-order valence-electron chi connectivity index (χ2n) is 9.73. The first-order valence-electron chi connectivity index (χ1n) is 13.3. The van der Waals surface area contributed by atoms with Gasteiger partial charge >= 0.3 is 6.18 Å². The highest BCUT2D eigenvalue weighted by molar-refractivity contribution is 5.53. The number of benzene rings is 2. The SMILES string of the molecule is CCCCCCCCCCCc1noc(-c2ccc(C(NO)C(C)c3ccc(C(F)(F)F)cc3)cc2)n1. The van der Waals surface area contributed by atoms with Crippen molar-refractivity contribution in [3.63, 3.8) is 0 Å². The van der Waals surface area contributed by atoms with Gasteiger partial charge in [0.05, 0.1) is 11.6 Å². The van der Waals surface area contributed by atoms with E-state index >= 15 is 0 Å². The molecule has 2 unspecified atom stereocenters. The molecule has 0 fully saturated rings. The molecule has 0 saturated heterocycles. The van der Waals surface area contributed by atoms with Gasteiger partial charge in [-0.05, 0) is 41.8 Å². The number of rotatable bonds is 15. The van der Waals surface area contributed by atoms with E-state index in [2.05, 4.69) is 22.5 Å². The minimum atomic E-state index is -4.38. The summed E-state index contributed by atoms with van der Waals surface area (Å²) in [6.07, 6.45) is 7.76. The molecule has 0 aliphatic carbocycles. The van der Waals surface area contributed by atoms with Gasteiger partial charge in [-0.1, -0.05) is 94.6 Å². The van der Waals surface area contributed by atoms with E-state index in [1.807, 2.05) is 31.2 Å². The number of nitrogens with one attached hydrogen (secondary N) is 1. The number of aryl methyl sites for hydroxylation is 1.